The van der Waals surface area contributed by atoms with E-state index >= 15 is 0 Å². The van der Waals surface area contributed by atoms with E-state index in [0.29, 0.717) is 52.4 Å². The van der Waals surface area contributed by atoms with E-state index in [2.05, 4.69) is 5.32 Å². The average Bonchev–Trinajstić information content (AvgIpc) is 2.80. The van der Waals surface area contributed by atoms with Gasteiger partial charge in [-0.25, -0.2) is 0 Å². The van der Waals surface area contributed by atoms with Crippen molar-refractivity contribution in [2.75, 3.05) is 72.1 Å². The Morgan fingerprint density at radius 3 is 1.49 bits per heavy atom. The number of carbonyl (C=O) groups is 4. The Labute approximate surface area is 259 Å². The number of nitrogens with one attached hydrogen (secondary N) is 1. The molecule has 0 radical (unpaired) electrons. The summed E-state index contributed by atoms with van der Waals surface area (Å²) in [6.45, 7) is 22.9. The van der Waals surface area contributed by atoms with Crippen molar-refractivity contribution >= 4 is 23.9 Å². The molecule has 0 aromatic carbocycles. The largest absolute Gasteiger partial charge is 0.466 e. The second-order valence-corrected chi connectivity index (χ2v) is 13.9. The third kappa shape index (κ3) is 18.9. The molecule has 1 heterocycles. The van der Waals surface area contributed by atoms with Gasteiger partial charge in [0.15, 0.2) is 0 Å². The van der Waals surface area contributed by atoms with Crippen LogP contribution in [0.15, 0.2) is 0 Å². The highest BCUT2D eigenvalue weighted by Crippen LogP contribution is 2.17. The number of carbonyl (C=O) groups excluding carboxylic acids is 4. The minimum absolute atomic E-state index is 0.0570. The Kier molecular flexibility index (Phi) is 16.1. The van der Waals surface area contributed by atoms with Crippen LogP contribution in [0.4, 0.5) is 0 Å². The summed E-state index contributed by atoms with van der Waals surface area (Å²) in [7, 11) is 0. The first-order valence-corrected chi connectivity index (χ1v) is 15.5. The first kappa shape index (κ1) is 38.7. The van der Waals surface area contributed by atoms with Crippen molar-refractivity contribution < 1.29 is 38.1 Å². The second kappa shape index (κ2) is 17.9. The summed E-state index contributed by atoms with van der Waals surface area (Å²) in [6.07, 6.45) is 0.273. The van der Waals surface area contributed by atoms with Crippen molar-refractivity contribution in [1.82, 2.24) is 20.0 Å². The maximum atomic E-state index is 13.5. The number of ether oxygens (including phenoxy) is 4. The monoisotopic (exact) mass is 614 g/mol. The molecule has 0 aliphatic carbocycles. The third-order valence-electron chi connectivity index (χ3n) is 6.21. The van der Waals surface area contributed by atoms with Crippen molar-refractivity contribution in [2.45, 2.75) is 105 Å². The molecular weight excluding hydrogens is 556 g/mol. The van der Waals surface area contributed by atoms with Gasteiger partial charge < -0.3 is 24.3 Å². The number of rotatable bonds is 10. The zero-order valence-electron chi connectivity index (χ0n) is 28.4. The molecule has 1 rings (SSSR count). The SMILES string of the molecule is CCOC(=O)CCC(C(=O)OC(C)(C)C)N1CCN(CC(=O)OC(C)(C)C)CCNCCN(CC(=O)OC(C)(C)C)CC1. The molecule has 0 aromatic heterocycles. The molecule has 0 spiro atoms. The van der Waals surface area contributed by atoms with Crippen LogP contribution in [0, 0.1) is 0 Å². The van der Waals surface area contributed by atoms with Gasteiger partial charge >= 0.3 is 23.9 Å². The molecular formula is C31H58N4O8. The van der Waals surface area contributed by atoms with E-state index in [9.17, 15) is 19.2 Å². The van der Waals surface area contributed by atoms with Crippen LogP contribution in [0.2, 0.25) is 0 Å². The Hall–Kier alpha value is -2.28. The smallest absolute Gasteiger partial charge is 0.323 e. The highest BCUT2D eigenvalue weighted by molar-refractivity contribution is 5.78. The van der Waals surface area contributed by atoms with E-state index in [1.54, 1.807) is 6.92 Å². The van der Waals surface area contributed by atoms with E-state index < -0.39 is 28.8 Å². The molecule has 1 unspecified atom stereocenters. The molecule has 0 saturated carbocycles. The van der Waals surface area contributed by atoms with E-state index in [0.717, 1.165) is 0 Å². The van der Waals surface area contributed by atoms with Gasteiger partial charge in [0, 0.05) is 58.8 Å². The molecule has 1 saturated heterocycles. The van der Waals surface area contributed by atoms with E-state index in [4.69, 9.17) is 18.9 Å². The molecule has 0 amide bonds. The molecule has 12 heteroatoms. The van der Waals surface area contributed by atoms with Gasteiger partial charge in [-0.15, -0.1) is 0 Å². The summed E-state index contributed by atoms with van der Waals surface area (Å²) in [4.78, 5) is 57.2. The van der Waals surface area contributed by atoms with Crippen molar-refractivity contribution in [1.29, 1.82) is 0 Å². The molecule has 1 fully saturated rings. The molecule has 1 atom stereocenters. The molecule has 1 aliphatic rings. The second-order valence-electron chi connectivity index (χ2n) is 13.9. The lowest BCUT2D eigenvalue weighted by Gasteiger charge is -2.36. The van der Waals surface area contributed by atoms with Gasteiger partial charge in [-0.3, -0.25) is 33.9 Å². The maximum Gasteiger partial charge on any atom is 0.323 e. The maximum absolute atomic E-state index is 13.5. The van der Waals surface area contributed by atoms with E-state index in [-0.39, 0.29) is 50.4 Å². The highest BCUT2D eigenvalue weighted by Gasteiger charge is 2.32. The lowest BCUT2D eigenvalue weighted by atomic mass is 10.1. The molecule has 0 bridgehead atoms. The Morgan fingerprint density at radius 1 is 0.651 bits per heavy atom. The summed E-state index contributed by atoms with van der Waals surface area (Å²) >= 11 is 0. The van der Waals surface area contributed by atoms with Crippen LogP contribution < -0.4 is 5.32 Å². The Balaban J connectivity index is 3.27. The van der Waals surface area contributed by atoms with Crippen LogP contribution in [0.25, 0.3) is 0 Å². The van der Waals surface area contributed by atoms with Gasteiger partial charge in [0.05, 0.1) is 19.7 Å². The van der Waals surface area contributed by atoms with Gasteiger partial charge in [-0.2, -0.15) is 0 Å². The summed E-state index contributed by atoms with van der Waals surface area (Å²) in [5.74, 6) is -1.45. The number of hydrogen-bond acceptors (Lipinski definition) is 12. The van der Waals surface area contributed by atoms with Crippen LogP contribution in [-0.4, -0.2) is 133 Å². The lowest BCUT2D eigenvalue weighted by Crippen LogP contribution is -2.52. The zero-order valence-corrected chi connectivity index (χ0v) is 28.4. The van der Waals surface area contributed by atoms with Gasteiger partial charge in [0.2, 0.25) is 0 Å². The summed E-state index contributed by atoms with van der Waals surface area (Å²) in [5.41, 5.74) is -1.91. The third-order valence-corrected chi connectivity index (χ3v) is 6.21. The van der Waals surface area contributed by atoms with Crippen LogP contribution >= 0.6 is 0 Å². The first-order valence-electron chi connectivity index (χ1n) is 15.5. The quantitative estimate of drug-likeness (QED) is 0.286. The minimum atomic E-state index is -0.726. The minimum Gasteiger partial charge on any atom is -0.466 e. The number of nitrogens with zero attached hydrogens (tertiary/aromatic N) is 3. The van der Waals surface area contributed by atoms with E-state index in [1.807, 2.05) is 77.0 Å². The fraction of sp³-hybridized carbons (Fsp3) is 0.871. The molecule has 12 nitrogen and oxygen atoms in total. The first-order chi connectivity index (χ1) is 19.8. The van der Waals surface area contributed by atoms with Crippen molar-refractivity contribution in [2.24, 2.45) is 0 Å². The topological polar surface area (TPSA) is 127 Å². The summed E-state index contributed by atoms with van der Waals surface area (Å²) < 4.78 is 22.1. The normalized spacial score (nSPS) is 18.1. The van der Waals surface area contributed by atoms with Gasteiger partial charge in [0.25, 0.3) is 0 Å². The fourth-order valence-corrected chi connectivity index (χ4v) is 4.52. The number of esters is 4. The van der Waals surface area contributed by atoms with Crippen molar-refractivity contribution in [3.8, 4) is 0 Å². The number of hydrogen-bond donors (Lipinski definition) is 1. The van der Waals surface area contributed by atoms with Crippen molar-refractivity contribution in [3.63, 3.8) is 0 Å². The summed E-state index contributed by atoms with van der Waals surface area (Å²) in [5, 5.41) is 3.40. The molecule has 250 valence electrons. The molecule has 1 N–H and O–H groups in total. The van der Waals surface area contributed by atoms with Crippen LogP contribution in [-0.2, 0) is 38.1 Å². The van der Waals surface area contributed by atoms with Gasteiger partial charge in [-0.05, 0) is 75.7 Å². The van der Waals surface area contributed by atoms with Crippen molar-refractivity contribution in [3.05, 3.63) is 0 Å². The standard InChI is InChI=1S/C31H58N4O8/c1-11-40-25(36)13-12-24(28(39)43-31(8,9)10)35-20-18-33(22-26(37)41-29(2,3)4)16-14-32-15-17-34(19-21-35)23-27(38)42-30(5,6)7/h24,32H,11-23H2,1-10H3. The Morgan fingerprint density at radius 2 is 1.09 bits per heavy atom. The lowest BCUT2D eigenvalue weighted by molar-refractivity contribution is -0.163. The summed E-state index contributed by atoms with van der Waals surface area (Å²) in [6, 6.07) is -0.726. The zero-order chi connectivity index (χ0) is 32.8. The average molecular weight is 615 g/mol. The predicted molar refractivity (Wildman–Crippen MR) is 165 cm³/mol. The Bertz CT molecular complexity index is 848. The molecule has 1 aliphatic heterocycles. The molecule has 0 aromatic rings. The van der Waals surface area contributed by atoms with E-state index in [1.165, 1.54) is 0 Å². The molecule has 43 heavy (non-hydrogen) atoms. The highest BCUT2D eigenvalue weighted by atomic mass is 16.6. The van der Waals surface area contributed by atoms with Gasteiger partial charge in [-0.1, -0.05) is 0 Å². The van der Waals surface area contributed by atoms with Crippen LogP contribution in [0.3, 0.4) is 0 Å². The van der Waals surface area contributed by atoms with Crippen LogP contribution in [0.5, 0.6) is 0 Å². The predicted octanol–water partition coefficient (Wildman–Crippen LogP) is 2.23. The van der Waals surface area contributed by atoms with Crippen LogP contribution in [0.1, 0.15) is 82.1 Å². The fourth-order valence-electron chi connectivity index (χ4n) is 4.52. The van der Waals surface area contributed by atoms with Gasteiger partial charge in [0.1, 0.15) is 22.8 Å².